The van der Waals surface area contributed by atoms with E-state index in [-0.39, 0.29) is 12.6 Å². The van der Waals surface area contributed by atoms with Crippen molar-refractivity contribution >= 4 is 12.0 Å². The molecule has 0 saturated heterocycles. The predicted molar refractivity (Wildman–Crippen MR) is 68.1 cm³/mol. The van der Waals surface area contributed by atoms with E-state index in [0.717, 1.165) is 0 Å². The van der Waals surface area contributed by atoms with Crippen LogP contribution < -0.4 is 10.6 Å². The normalized spacial score (nSPS) is 14.9. The molecule has 0 aromatic heterocycles. The van der Waals surface area contributed by atoms with Crippen LogP contribution in [0.25, 0.3) is 0 Å². The molecule has 0 aliphatic heterocycles. The Labute approximate surface area is 108 Å². The van der Waals surface area contributed by atoms with Gasteiger partial charge in [0.2, 0.25) is 0 Å². The minimum absolute atomic E-state index is 0.0172. The zero-order valence-corrected chi connectivity index (χ0v) is 12.0. The summed E-state index contributed by atoms with van der Waals surface area (Å²) in [5.74, 6) is -0.764. The summed E-state index contributed by atoms with van der Waals surface area (Å²) in [6.45, 7) is 9.84. The number of carbonyl (C=O) groups excluding carboxylic acids is 2. The Hall–Kier alpha value is -1.30. The molecule has 0 rings (SSSR count). The van der Waals surface area contributed by atoms with Crippen LogP contribution in [0.1, 0.15) is 41.5 Å². The molecule has 0 aromatic carbocycles. The molecule has 0 heterocycles. The standard InChI is InChI=1S/C12H24N2O4/c1-8(2)14-10(16)13-7-12(6,17)9(15)18-11(3,4)5/h8,17H,7H2,1-6H3,(H2,13,14,16)/t12-/m1/s1. The van der Waals surface area contributed by atoms with Crippen LogP contribution in [0.15, 0.2) is 0 Å². The van der Waals surface area contributed by atoms with Gasteiger partial charge < -0.3 is 20.5 Å². The zero-order chi connectivity index (χ0) is 14.6. The molecule has 0 fully saturated rings. The number of hydrogen-bond acceptors (Lipinski definition) is 4. The molecule has 106 valence electrons. The summed E-state index contributed by atoms with van der Waals surface area (Å²) >= 11 is 0. The number of nitrogens with one attached hydrogen (secondary N) is 2. The number of ether oxygens (including phenoxy) is 1. The minimum Gasteiger partial charge on any atom is -0.458 e. The van der Waals surface area contributed by atoms with Crippen molar-refractivity contribution in [1.29, 1.82) is 0 Å². The largest absolute Gasteiger partial charge is 0.458 e. The van der Waals surface area contributed by atoms with E-state index in [2.05, 4.69) is 10.6 Å². The Morgan fingerprint density at radius 3 is 2.11 bits per heavy atom. The van der Waals surface area contributed by atoms with Crippen LogP contribution in [0.4, 0.5) is 4.79 Å². The van der Waals surface area contributed by atoms with E-state index in [1.165, 1.54) is 6.92 Å². The van der Waals surface area contributed by atoms with Gasteiger partial charge in [0.05, 0.1) is 6.54 Å². The summed E-state index contributed by atoms with van der Waals surface area (Å²) in [7, 11) is 0. The average Bonchev–Trinajstić information content (AvgIpc) is 2.11. The van der Waals surface area contributed by atoms with Crippen molar-refractivity contribution in [1.82, 2.24) is 10.6 Å². The molecular formula is C12H24N2O4. The average molecular weight is 260 g/mol. The number of hydrogen-bond donors (Lipinski definition) is 3. The van der Waals surface area contributed by atoms with E-state index >= 15 is 0 Å². The molecule has 2 amide bonds. The van der Waals surface area contributed by atoms with Crippen molar-refractivity contribution in [3.05, 3.63) is 0 Å². The summed E-state index contributed by atoms with van der Waals surface area (Å²) in [6.07, 6.45) is 0. The Morgan fingerprint density at radius 1 is 1.22 bits per heavy atom. The molecule has 6 nitrogen and oxygen atoms in total. The third kappa shape index (κ3) is 7.11. The van der Waals surface area contributed by atoms with Crippen LogP contribution in [0, 0.1) is 0 Å². The molecule has 1 atom stereocenters. The Kier molecular flexibility index (Phi) is 5.60. The zero-order valence-electron chi connectivity index (χ0n) is 12.0. The lowest BCUT2D eigenvalue weighted by atomic mass is 10.1. The first kappa shape index (κ1) is 16.7. The number of urea groups is 1. The lowest BCUT2D eigenvalue weighted by molar-refractivity contribution is -0.174. The molecule has 0 spiro atoms. The van der Waals surface area contributed by atoms with E-state index < -0.39 is 23.2 Å². The van der Waals surface area contributed by atoms with Gasteiger partial charge in [-0.15, -0.1) is 0 Å². The molecule has 3 N–H and O–H groups in total. The molecule has 0 aliphatic carbocycles. The van der Waals surface area contributed by atoms with E-state index in [4.69, 9.17) is 4.74 Å². The van der Waals surface area contributed by atoms with Gasteiger partial charge in [-0.2, -0.15) is 0 Å². The van der Waals surface area contributed by atoms with Gasteiger partial charge in [0.25, 0.3) is 0 Å². The first-order chi connectivity index (χ1) is 7.94. The van der Waals surface area contributed by atoms with E-state index in [9.17, 15) is 14.7 Å². The second-order valence-corrected chi connectivity index (χ2v) is 5.76. The maximum Gasteiger partial charge on any atom is 0.340 e. The fourth-order valence-electron chi connectivity index (χ4n) is 1.03. The highest BCUT2D eigenvalue weighted by molar-refractivity contribution is 5.81. The third-order valence-electron chi connectivity index (χ3n) is 1.85. The van der Waals surface area contributed by atoms with Gasteiger partial charge in [0, 0.05) is 6.04 Å². The highest BCUT2D eigenvalue weighted by Crippen LogP contribution is 2.13. The maximum atomic E-state index is 11.7. The van der Waals surface area contributed by atoms with Gasteiger partial charge in [-0.3, -0.25) is 0 Å². The number of carbonyl (C=O) groups is 2. The van der Waals surface area contributed by atoms with Crippen LogP contribution >= 0.6 is 0 Å². The van der Waals surface area contributed by atoms with Gasteiger partial charge in [-0.25, -0.2) is 9.59 Å². The molecule has 0 radical (unpaired) electrons. The fraction of sp³-hybridized carbons (Fsp3) is 0.833. The van der Waals surface area contributed by atoms with Crippen molar-refractivity contribution in [2.24, 2.45) is 0 Å². The lowest BCUT2D eigenvalue weighted by Gasteiger charge is -2.27. The third-order valence-corrected chi connectivity index (χ3v) is 1.85. The molecule has 0 unspecified atom stereocenters. The van der Waals surface area contributed by atoms with Crippen molar-refractivity contribution in [2.75, 3.05) is 6.54 Å². The molecule has 18 heavy (non-hydrogen) atoms. The van der Waals surface area contributed by atoms with Gasteiger partial charge in [0.15, 0.2) is 5.60 Å². The number of rotatable bonds is 4. The summed E-state index contributed by atoms with van der Waals surface area (Å²) in [5.41, 5.74) is -2.43. The molecular weight excluding hydrogens is 236 g/mol. The lowest BCUT2D eigenvalue weighted by Crippen LogP contribution is -2.51. The van der Waals surface area contributed by atoms with Crippen molar-refractivity contribution in [3.8, 4) is 0 Å². The van der Waals surface area contributed by atoms with Crippen molar-refractivity contribution in [3.63, 3.8) is 0 Å². The molecule has 0 aliphatic rings. The molecule has 0 bridgehead atoms. The van der Waals surface area contributed by atoms with Gasteiger partial charge in [-0.05, 0) is 41.5 Å². The van der Waals surface area contributed by atoms with Crippen LogP contribution in [-0.2, 0) is 9.53 Å². The molecule has 0 aromatic rings. The Morgan fingerprint density at radius 2 is 1.72 bits per heavy atom. The number of amides is 2. The highest BCUT2D eigenvalue weighted by atomic mass is 16.6. The summed E-state index contributed by atoms with van der Waals surface area (Å²) in [6, 6.07) is -0.453. The highest BCUT2D eigenvalue weighted by Gasteiger charge is 2.35. The first-order valence-corrected chi connectivity index (χ1v) is 5.94. The van der Waals surface area contributed by atoms with Gasteiger partial charge >= 0.3 is 12.0 Å². The monoisotopic (exact) mass is 260 g/mol. The quantitative estimate of drug-likeness (QED) is 0.652. The number of aliphatic hydroxyl groups is 1. The van der Waals surface area contributed by atoms with Crippen LogP contribution in [0.3, 0.4) is 0 Å². The smallest absolute Gasteiger partial charge is 0.340 e. The summed E-state index contributed by atoms with van der Waals surface area (Å²) < 4.78 is 5.06. The summed E-state index contributed by atoms with van der Waals surface area (Å²) in [5, 5.41) is 14.9. The number of esters is 1. The second kappa shape index (κ2) is 6.04. The fourth-order valence-corrected chi connectivity index (χ4v) is 1.03. The van der Waals surface area contributed by atoms with Crippen LogP contribution in [-0.4, -0.2) is 40.9 Å². The van der Waals surface area contributed by atoms with E-state index in [0.29, 0.717) is 0 Å². The maximum absolute atomic E-state index is 11.7. The topological polar surface area (TPSA) is 87.7 Å². The van der Waals surface area contributed by atoms with Gasteiger partial charge in [0.1, 0.15) is 5.60 Å². The van der Waals surface area contributed by atoms with Gasteiger partial charge in [-0.1, -0.05) is 0 Å². The minimum atomic E-state index is -1.75. The van der Waals surface area contributed by atoms with E-state index in [1.54, 1.807) is 20.8 Å². The van der Waals surface area contributed by atoms with Crippen molar-refractivity contribution in [2.45, 2.75) is 58.8 Å². The SMILES string of the molecule is CC(C)NC(=O)NC[C@@](C)(O)C(=O)OC(C)(C)C. The Bertz CT molecular complexity index is 306. The molecule has 0 saturated carbocycles. The van der Waals surface area contributed by atoms with Crippen molar-refractivity contribution < 1.29 is 19.4 Å². The second-order valence-electron chi connectivity index (χ2n) is 5.76. The van der Waals surface area contributed by atoms with E-state index in [1.807, 2.05) is 13.8 Å². The summed E-state index contributed by atoms with van der Waals surface area (Å²) in [4.78, 5) is 23.0. The predicted octanol–water partition coefficient (Wildman–Crippen LogP) is 0.787. The molecule has 6 heteroatoms. The van der Waals surface area contributed by atoms with Crippen LogP contribution in [0.2, 0.25) is 0 Å². The Balaban J connectivity index is 4.30. The first-order valence-electron chi connectivity index (χ1n) is 5.94. The van der Waals surface area contributed by atoms with Crippen LogP contribution in [0.5, 0.6) is 0 Å².